The highest BCUT2D eigenvalue weighted by molar-refractivity contribution is 5.38. The molecular formula is C11H17N3. The molecule has 1 N–H and O–H groups in total. The van der Waals surface area contributed by atoms with Gasteiger partial charge in [-0.1, -0.05) is 6.92 Å². The Morgan fingerprint density at radius 1 is 1.43 bits per heavy atom. The highest BCUT2D eigenvalue weighted by Gasteiger charge is 2.35. The minimum absolute atomic E-state index is 0.320. The third kappa shape index (κ3) is 1.72. The fourth-order valence-corrected chi connectivity index (χ4v) is 1.97. The SMILES string of the molecule is CCC1(Nc2cc(C)ncn2)CCC1. The number of hydrogen-bond donors (Lipinski definition) is 1. The van der Waals surface area contributed by atoms with E-state index in [-0.39, 0.29) is 0 Å². The molecular weight excluding hydrogens is 174 g/mol. The summed E-state index contributed by atoms with van der Waals surface area (Å²) in [5.41, 5.74) is 1.34. The van der Waals surface area contributed by atoms with Crippen LogP contribution in [-0.4, -0.2) is 15.5 Å². The van der Waals surface area contributed by atoms with Crippen LogP contribution in [0.1, 0.15) is 38.3 Å². The minimum Gasteiger partial charge on any atom is -0.365 e. The summed E-state index contributed by atoms with van der Waals surface area (Å²) in [5.74, 6) is 0.971. The van der Waals surface area contributed by atoms with Gasteiger partial charge < -0.3 is 5.32 Å². The number of aryl methyl sites for hydroxylation is 1. The molecule has 1 aliphatic carbocycles. The van der Waals surface area contributed by atoms with Crippen LogP contribution in [0.3, 0.4) is 0 Å². The van der Waals surface area contributed by atoms with Gasteiger partial charge in [0.15, 0.2) is 0 Å². The molecule has 3 nitrogen and oxygen atoms in total. The van der Waals surface area contributed by atoms with Crippen LogP contribution in [0, 0.1) is 6.92 Å². The molecule has 0 amide bonds. The van der Waals surface area contributed by atoms with Crippen LogP contribution >= 0.6 is 0 Å². The molecule has 2 rings (SSSR count). The third-order valence-corrected chi connectivity index (χ3v) is 3.18. The maximum absolute atomic E-state index is 4.23. The van der Waals surface area contributed by atoms with Crippen LogP contribution in [0.25, 0.3) is 0 Å². The van der Waals surface area contributed by atoms with E-state index in [9.17, 15) is 0 Å². The number of anilines is 1. The van der Waals surface area contributed by atoms with Crippen LogP contribution in [0.15, 0.2) is 12.4 Å². The van der Waals surface area contributed by atoms with Gasteiger partial charge in [0.1, 0.15) is 12.1 Å². The first kappa shape index (κ1) is 9.44. The zero-order chi connectivity index (χ0) is 10.0. The van der Waals surface area contributed by atoms with Crippen molar-refractivity contribution in [3.8, 4) is 0 Å². The predicted molar refractivity (Wildman–Crippen MR) is 57.3 cm³/mol. The van der Waals surface area contributed by atoms with E-state index in [1.807, 2.05) is 13.0 Å². The molecule has 1 saturated carbocycles. The smallest absolute Gasteiger partial charge is 0.130 e. The van der Waals surface area contributed by atoms with Crippen molar-refractivity contribution >= 4 is 5.82 Å². The van der Waals surface area contributed by atoms with Gasteiger partial charge in [-0.15, -0.1) is 0 Å². The summed E-state index contributed by atoms with van der Waals surface area (Å²) in [6, 6.07) is 2.01. The van der Waals surface area contributed by atoms with E-state index in [2.05, 4.69) is 22.2 Å². The average Bonchev–Trinajstić information content (AvgIpc) is 2.11. The van der Waals surface area contributed by atoms with Crippen molar-refractivity contribution < 1.29 is 0 Å². The Kier molecular flexibility index (Phi) is 2.40. The van der Waals surface area contributed by atoms with Crippen molar-refractivity contribution in [1.82, 2.24) is 9.97 Å². The molecule has 0 radical (unpaired) electrons. The van der Waals surface area contributed by atoms with Crippen molar-refractivity contribution in [2.75, 3.05) is 5.32 Å². The van der Waals surface area contributed by atoms with Gasteiger partial charge in [0.05, 0.1) is 0 Å². The molecule has 0 saturated heterocycles. The van der Waals surface area contributed by atoms with Crippen LogP contribution in [-0.2, 0) is 0 Å². The molecule has 0 aliphatic heterocycles. The normalized spacial score (nSPS) is 18.7. The van der Waals surface area contributed by atoms with Crippen molar-refractivity contribution in [2.45, 2.75) is 45.1 Å². The van der Waals surface area contributed by atoms with E-state index < -0.39 is 0 Å². The lowest BCUT2D eigenvalue weighted by atomic mass is 9.75. The van der Waals surface area contributed by atoms with Crippen LogP contribution in [0.4, 0.5) is 5.82 Å². The van der Waals surface area contributed by atoms with Crippen molar-refractivity contribution in [1.29, 1.82) is 0 Å². The highest BCUT2D eigenvalue weighted by atomic mass is 15.1. The van der Waals surface area contributed by atoms with Gasteiger partial charge >= 0.3 is 0 Å². The Morgan fingerprint density at radius 2 is 2.21 bits per heavy atom. The fourth-order valence-electron chi connectivity index (χ4n) is 1.97. The van der Waals surface area contributed by atoms with Crippen molar-refractivity contribution in [3.05, 3.63) is 18.1 Å². The Balaban J connectivity index is 2.09. The lowest BCUT2D eigenvalue weighted by molar-refractivity contribution is 0.269. The number of aromatic nitrogens is 2. The quantitative estimate of drug-likeness (QED) is 0.797. The summed E-state index contributed by atoms with van der Waals surface area (Å²) in [6.45, 7) is 4.23. The van der Waals surface area contributed by atoms with Gasteiger partial charge in [-0.3, -0.25) is 0 Å². The Morgan fingerprint density at radius 3 is 2.71 bits per heavy atom. The summed E-state index contributed by atoms with van der Waals surface area (Å²) in [5, 5.41) is 3.53. The van der Waals surface area contributed by atoms with Crippen LogP contribution in [0.5, 0.6) is 0 Å². The lowest BCUT2D eigenvalue weighted by Gasteiger charge is -2.42. The second-order valence-corrected chi connectivity index (χ2v) is 4.16. The highest BCUT2D eigenvalue weighted by Crippen LogP contribution is 2.37. The number of nitrogens with one attached hydrogen (secondary N) is 1. The van der Waals surface area contributed by atoms with Crippen LogP contribution < -0.4 is 5.32 Å². The third-order valence-electron chi connectivity index (χ3n) is 3.18. The molecule has 0 aromatic carbocycles. The Labute approximate surface area is 85.0 Å². The standard InChI is InChI=1S/C11H17N3/c1-3-11(5-4-6-11)14-10-7-9(2)12-8-13-10/h7-8H,3-6H2,1-2H3,(H,12,13,14). The maximum atomic E-state index is 4.23. The first-order chi connectivity index (χ1) is 6.74. The minimum atomic E-state index is 0.320. The molecule has 0 bridgehead atoms. The van der Waals surface area contributed by atoms with Gasteiger partial charge in [-0.25, -0.2) is 9.97 Å². The van der Waals surface area contributed by atoms with E-state index >= 15 is 0 Å². The first-order valence-electron chi connectivity index (χ1n) is 5.31. The molecule has 14 heavy (non-hydrogen) atoms. The first-order valence-corrected chi connectivity index (χ1v) is 5.31. The molecule has 76 valence electrons. The molecule has 0 atom stereocenters. The molecule has 1 aromatic heterocycles. The summed E-state index contributed by atoms with van der Waals surface area (Å²) in [7, 11) is 0. The van der Waals surface area contributed by atoms with E-state index in [1.165, 1.54) is 25.7 Å². The van der Waals surface area contributed by atoms with Gasteiger partial charge in [0.25, 0.3) is 0 Å². The summed E-state index contributed by atoms with van der Waals surface area (Å²) in [6.07, 6.45) is 6.68. The summed E-state index contributed by atoms with van der Waals surface area (Å²) < 4.78 is 0. The summed E-state index contributed by atoms with van der Waals surface area (Å²) >= 11 is 0. The molecule has 3 heteroatoms. The van der Waals surface area contributed by atoms with E-state index in [0.717, 1.165) is 11.5 Å². The van der Waals surface area contributed by atoms with E-state index in [0.29, 0.717) is 5.54 Å². The fraction of sp³-hybridized carbons (Fsp3) is 0.636. The van der Waals surface area contributed by atoms with E-state index in [1.54, 1.807) is 6.33 Å². The zero-order valence-corrected chi connectivity index (χ0v) is 8.88. The number of nitrogens with zero attached hydrogens (tertiary/aromatic N) is 2. The average molecular weight is 191 g/mol. The van der Waals surface area contributed by atoms with Crippen molar-refractivity contribution in [2.24, 2.45) is 0 Å². The second-order valence-electron chi connectivity index (χ2n) is 4.16. The molecule has 1 aliphatic rings. The van der Waals surface area contributed by atoms with Crippen LogP contribution in [0.2, 0.25) is 0 Å². The number of rotatable bonds is 3. The number of hydrogen-bond acceptors (Lipinski definition) is 3. The van der Waals surface area contributed by atoms with Gasteiger partial charge in [-0.2, -0.15) is 0 Å². The Bertz CT molecular complexity index is 313. The van der Waals surface area contributed by atoms with Crippen molar-refractivity contribution in [3.63, 3.8) is 0 Å². The molecule has 0 spiro atoms. The molecule has 1 aromatic rings. The van der Waals surface area contributed by atoms with Gasteiger partial charge in [-0.05, 0) is 32.6 Å². The monoisotopic (exact) mass is 191 g/mol. The second kappa shape index (κ2) is 3.56. The Hall–Kier alpha value is -1.12. The molecule has 1 fully saturated rings. The topological polar surface area (TPSA) is 37.8 Å². The van der Waals surface area contributed by atoms with E-state index in [4.69, 9.17) is 0 Å². The zero-order valence-electron chi connectivity index (χ0n) is 8.88. The van der Waals surface area contributed by atoms with Gasteiger partial charge in [0.2, 0.25) is 0 Å². The maximum Gasteiger partial charge on any atom is 0.130 e. The van der Waals surface area contributed by atoms with Gasteiger partial charge in [0, 0.05) is 17.3 Å². The molecule has 1 heterocycles. The predicted octanol–water partition coefficient (Wildman–Crippen LogP) is 2.53. The summed E-state index contributed by atoms with van der Waals surface area (Å²) in [4.78, 5) is 8.32. The largest absolute Gasteiger partial charge is 0.365 e. The lowest BCUT2D eigenvalue weighted by Crippen LogP contribution is -2.44. The molecule has 0 unspecified atom stereocenters.